The van der Waals surface area contributed by atoms with Crippen LogP contribution < -0.4 is 29.4 Å². The van der Waals surface area contributed by atoms with E-state index in [-0.39, 0.29) is 0 Å². The maximum absolute atomic E-state index is 2.33. The van der Waals surface area contributed by atoms with E-state index in [1.54, 1.807) is 0 Å². The fourth-order valence-corrected chi connectivity index (χ4v) is 12.4. The normalized spacial score (nSPS) is 12.3. The lowest BCUT2D eigenvalue weighted by atomic mass is 10.0. The number of benzene rings is 14. The molecule has 27 rings (SSSR count). The quantitative estimate of drug-likeness (QED) is 0.164. The van der Waals surface area contributed by atoms with Gasteiger partial charge in [-0.1, -0.05) is 158 Å². The van der Waals surface area contributed by atoms with E-state index in [0.717, 1.165) is 125 Å². The highest BCUT2D eigenvalue weighted by Crippen LogP contribution is 2.45. The summed E-state index contributed by atoms with van der Waals surface area (Å²) >= 11 is 0. The SMILES string of the molecule is c1ccc(N2c3ccc(cc3)-c3ccc(cc3)N(c3ccccc3)c3ccc(cc3)N(c3ccccc3)c3ccc(cc3)N(c3ccccc3)c3ccc(cc3)-c3ccc(cc3)N(c3ccccc3)c3ccc(cc3)N(c3ccccc3)c3ccc2cc3)cc1. The highest BCUT2D eigenvalue weighted by Gasteiger charge is 2.22. The minimum atomic E-state index is 1.05. The molecule has 0 saturated carbocycles. The molecule has 14 aromatic carbocycles. The summed E-state index contributed by atoms with van der Waals surface area (Å²) < 4.78 is 0. The van der Waals surface area contributed by atoms with E-state index in [4.69, 9.17) is 0 Å². The predicted molar refractivity (Wildman–Crippen MR) is 379 cm³/mol. The van der Waals surface area contributed by atoms with E-state index < -0.39 is 0 Å². The van der Waals surface area contributed by atoms with Crippen LogP contribution in [0.4, 0.5) is 102 Å². The molecular weight excluding hydrogens is 1090 g/mol. The topological polar surface area (TPSA) is 19.4 Å². The first-order chi connectivity index (χ1) is 44.6. The molecule has 6 nitrogen and oxygen atoms in total. The molecule has 0 saturated heterocycles. The highest BCUT2D eigenvalue weighted by atomic mass is 15.2. The van der Waals surface area contributed by atoms with Crippen LogP contribution in [0.1, 0.15) is 0 Å². The fraction of sp³-hybridized carbons (Fsp3) is 0. The Labute approximate surface area is 527 Å². The molecule has 13 aliphatic rings. The van der Waals surface area contributed by atoms with E-state index in [1.807, 2.05) is 0 Å². The Kier molecular flexibility index (Phi) is 15.0. The Morgan fingerprint density at radius 1 is 0.0889 bits per heavy atom. The van der Waals surface area contributed by atoms with Crippen molar-refractivity contribution in [1.82, 2.24) is 0 Å². The lowest BCUT2D eigenvalue weighted by Crippen LogP contribution is -2.13. The van der Waals surface area contributed by atoms with Gasteiger partial charge in [-0.15, -0.1) is 0 Å². The Balaban J connectivity index is 0.846. The zero-order chi connectivity index (χ0) is 60.0. The van der Waals surface area contributed by atoms with Gasteiger partial charge in [-0.3, -0.25) is 0 Å². The molecule has 0 aliphatic carbocycles. The molecular formula is C84H62N6. The van der Waals surface area contributed by atoms with Crippen LogP contribution in [0, 0.1) is 0 Å². The third-order valence-electron chi connectivity index (χ3n) is 16.7. The summed E-state index contributed by atoms with van der Waals surface area (Å²) in [5, 5.41) is 0. The molecule has 90 heavy (non-hydrogen) atoms. The van der Waals surface area contributed by atoms with Crippen LogP contribution >= 0.6 is 0 Å². The van der Waals surface area contributed by atoms with Gasteiger partial charge in [0.05, 0.1) is 0 Å². The van der Waals surface area contributed by atoms with Crippen molar-refractivity contribution < 1.29 is 0 Å². The first-order valence-electron chi connectivity index (χ1n) is 30.6. The molecule has 0 fully saturated rings. The summed E-state index contributed by atoms with van der Waals surface area (Å²) in [6, 6.07) is 135. The molecule has 14 aromatic rings. The van der Waals surface area contributed by atoms with Gasteiger partial charge >= 0.3 is 0 Å². The Morgan fingerprint density at radius 3 is 0.289 bits per heavy atom. The van der Waals surface area contributed by atoms with Crippen molar-refractivity contribution in [2.24, 2.45) is 0 Å². The lowest BCUT2D eigenvalue weighted by Gasteiger charge is -2.30. The van der Waals surface area contributed by atoms with Crippen molar-refractivity contribution in [3.8, 4) is 22.3 Å². The van der Waals surface area contributed by atoms with Crippen LogP contribution in [0.2, 0.25) is 0 Å². The monoisotopic (exact) mass is 1150 g/mol. The van der Waals surface area contributed by atoms with Gasteiger partial charge in [-0.25, -0.2) is 0 Å². The molecule has 0 N–H and O–H groups in total. The summed E-state index contributed by atoms with van der Waals surface area (Å²) in [5.41, 5.74) is 23.6. The van der Waals surface area contributed by atoms with Crippen LogP contribution in [-0.4, -0.2) is 0 Å². The van der Waals surface area contributed by atoms with Gasteiger partial charge in [0.1, 0.15) is 0 Å². The second-order valence-corrected chi connectivity index (χ2v) is 22.3. The molecule has 428 valence electrons. The smallest absolute Gasteiger partial charge is 0.0463 e. The molecule has 13 aliphatic heterocycles. The van der Waals surface area contributed by atoms with Crippen molar-refractivity contribution in [3.05, 3.63) is 376 Å². The molecule has 0 spiro atoms. The Bertz CT molecular complexity index is 4050. The van der Waals surface area contributed by atoms with Crippen LogP contribution in [0.5, 0.6) is 0 Å². The lowest BCUT2D eigenvalue weighted by molar-refractivity contribution is 1.24. The molecule has 16 bridgehead atoms. The fourth-order valence-electron chi connectivity index (χ4n) is 12.4. The van der Waals surface area contributed by atoms with Crippen LogP contribution in [0.15, 0.2) is 376 Å². The molecule has 13 heterocycles. The number of hydrogen-bond donors (Lipinski definition) is 0. The van der Waals surface area contributed by atoms with Gasteiger partial charge < -0.3 is 29.4 Å². The number of para-hydroxylation sites is 6. The molecule has 0 atom stereocenters. The Morgan fingerprint density at radius 2 is 0.178 bits per heavy atom. The summed E-state index contributed by atoms with van der Waals surface area (Å²) in [7, 11) is 0. The molecule has 6 heteroatoms. The van der Waals surface area contributed by atoms with Gasteiger partial charge in [0.2, 0.25) is 0 Å². The summed E-state index contributed by atoms with van der Waals surface area (Å²) in [4.78, 5) is 14.0. The van der Waals surface area contributed by atoms with Crippen molar-refractivity contribution in [3.63, 3.8) is 0 Å². The van der Waals surface area contributed by atoms with Crippen molar-refractivity contribution in [2.75, 3.05) is 29.4 Å². The number of anilines is 18. The third kappa shape index (κ3) is 11.1. The molecule has 0 aromatic heterocycles. The third-order valence-corrected chi connectivity index (χ3v) is 16.7. The first-order valence-corrected chi connectivity index (χ1v) is 30.6. The average Bonchev–Trinajstić information content (AvgIpc) is 3.18. The van der Waals surface area contributed by atoms with Gasteiger partial charge in [-0.05, 0) is 241 Å². The summed E-state index contributed by atoms with van der Waals surface area (Å²) in [5.74, 6) is 0. The number of hydrogen-bond acceptors (Lipinski definition) is 6. The van der Waals surface area contributed by atoms with Crippen LogP contribution in [0.3, 0.4) is 0 Å². The van der Waals surface area contributed by atoms with E-state index in [2.05, 4.69) is 406 Å². The average molecular weight is 1160 g/mol. The largest absolute Gasteiger partial charge is 0.311 e. The molecule has 0 radical (unpaired) electrons. The first kappa shape index (κ1) is 54.5. The number of nitrogens with zero attached hydrogens (tertiary/aromatic N) is 6. The zero-order valence-electron chi connectivity index (χ0n) is 49.5. The second-order valence-electron chi connectivity index (χ2n) is 22.3. The van der Waals surface area contributed by atoms with Crippen molar-refractivity contribution in [1.29, 1.82) is 0 Å². The van der Waals surface area contributed by atoms with E-state index in [9.17, 15) is 0 Å². The molecule has 0 unspecified atom stereocenters. The van der Waals surface area contributed by atoms with Crippen LogP contribution in [0.25, 0.3) is 22.3 Å². The standard InChI is InChI=1S/C84H62N6/c1-7-19-67(20-8-1)85-73-39-31-63(32-40-73)64-33-41-74(42-34-64)86(68-21-9-2-10-22-68)79-51-59-83(60-52-79)90(72-29-17-6-18-30-72)84-61-53-80(54-62-84)88(70-25-13-4-14-26-70)76-45-37-66(38-46-76)65-35-43-75(44-36-65)87(69-23-11-3-12-24-69)78-49-57-82(58-50-78)89(71-27-15-5-16-28-71)81-55-47-77(85)48-56-81/h1-62H. The van der Waals surface area contributed by atoms with E-state index >= 15 is 0 Å². The van der Waals surface area contributed by atoms with Crippen molar-refractivity contribution in [2.45, 2.75) is 0 Å². The second kappa shape index (κ2) is 24.7. The highest BCUT2D eigenvalue weighted by molar-refractivity contribution is 5.88. The minimum absolute atomic E-state index is 1.05. The van der Waals surface area contributed by atoms with Crippen molar-refractivity contribution >= 4 is 102 Å². The maximum Gasteiger partial charge on any atom is 0.0463 e. The summed E-state index contributed by atoms with van der Waals surface area (Å²) in [6.45, 7) is 0. The maximum atomic E-state index is 2.33. The number of rotatable bonds is 6. The molecule has 0 amide bonds. The Hall–Kier alpha value is -12.1. The predicted octanol–water partition coefficient (Wildman–Crippen LogP) is 24.2. The van der Waals surface area contributed by atoms with Gasteiger partial charge in [0.25, 0.3) is 0 Å². The van der Waals surface area contributed by atoms with Gasteiger partial charge in [-0.2, -0.15) is 0 Å². The van der Waals surface area contributed by atoms with E-state index in [1.165, 1.54) is 0 Å². The minimum Gasteiger partial charge on any atom is -0.311 e. The zero-order valence-corrected chi connectivity index (χ0v) is 49.5. The van der Waals surface area contributed by atoms with E-state index in [0.29, 0.717) is 0 Å². The van der Waals surface area contributed by atoms with Gasteiger partial charge in [0.15, 0.2) is 0 Å². The van der Waals surface area contributed by atoms with Crippen LogP contribution in [-0.2, 0) is 0 Å². The van der Waals surface area contributed by atoms with Gasteiger partial charge in [0, 0.05) is 102 Å². The summed E-state index contributed by atoms with van der Waals surface area (Å²) in [6.07, 6.45) is 0.